The normalized spacial score (nSPS) is 15.2. The van der Waals surface area contributed by atoms with E-state index in [0.29, 0.717) is 0 Å². The van der Waals surface area contributed by atoms with Crippen LogP contribution >= 0.6 is 0 Å². The molecule has 1 heterocycles. The molecule has 0 unspecified atom stereocenters. The molecule has 6 heteroatoms. The molecular formula is C8H9FN4O. The average Bonchev–Trinajstić information content (AvgIpc) is 2.95. The van der Waals surface area contributed by atoms with E-state index >= 15 is 0 Å². The highest BCUT2D eigenvalue weighted by Gasteiger charge is 2.30. The van der Waals surface area contributed by atoms with Gasteiger partial charge in [-0.05, 0) is 12.8 Å². The van der Waals surface area contributed by atoms with Crippen LogP contribution in [0.3, 0.4) is 0 Å². The van der Waals surface area contributed by atoms with Crippen LogP contribution in [0, 0.1) is 11.7 Å². The van der Waals surface area contributed by atoms with Crippen LogP contribution in [0.5, 0.6) is 0 Å². The van der Waals surface area contributed by atoms with Crippen LogP contribution < -0.4 is 11.1 Å². The predicted molar refractivity (Wildman–Crippen MR) is 47.8 cm³/mol. The standard InChI is InChI=1S/C8H9FN4O/c9-5-6(10)11-3-12-7(5)13-8(14)4-1-2-4/h3-4H,1-2H2,(H3,10,11,12,13,14). The Balaban J connectivity index is 2.15. The van der Waals surface area contributed by atoms with Gasteiger partial charge in [0.25, 0.3) is 0 Å². The van der Waals surface area contributed by atoms with E-state index in [-0.39, 0.29) is 23.5 Å². The van der Waals surface area contributed by atoms with E-state index in [1.807, 2.05) is 0 Å². The van der Waals surface area contributed by atoms with Gasteiger partial charge in [0, 0.05) is 5.92 Å². The van der Waals surface area contributed by atoms with Gasteiger partial charge in [0.15, 0.2) is 11.6 Å². The van der Waals surface area contributed by atoms with Gasteiger partial charge in [-0.1, -0.05) is 0 Å². The molecule has 1 saturated carbocycles. The molecule has 5 nitrogen and oxygen atoms in total. The Morgan fingerprint density at radius 3 is 2.93 bits per heavy atom. The van der Waals surface area contributed by atoms with Crippen LogP contribution in [0.1, 0.15) is 12.8 Å². The van der Waals surface area contributed by atoms with Crippen molar-refractivity contribution in [3.63, 3.8) is 0 Å². The van der Waals surface area contributed by atoms with Gasteiger partial charge in [0.1, 0.15) is 6.33 Å². The zero-order valence-electron chi connectivity index (χ0n) is 7.33. The summed E-state index contributed by atoms with van der Waals surface area (Å²) in [5, 5.41) is 2.37. The molecule has 2 rings (SSSR count). The summed E-state index contributed by atoms with van der Waals surface area (Å²) in [6.45, 7) is 0. The average molecular weight is 196 g/mol. The highest BCUT2D eigenvalue weighted by molar-refractivity contribution is 5.93. The Kier molecular flexibility index (Phi) is 2.03. The fraction of sp³-hybridized carbons (Fsp3) is 0.375. The Hall–Kier alpha value is -1.72. The van der Waals surface area contributed by atoms with Crippen molar-refractivity contribution in [3.8, 4) is 0 Å². The number of hydrogen-bond acceptors (Lipinski definition) is 4. The summed E-state index contributed by atoms with van der Waals surface area (Å²) < 4.78 is 13.2. The third kappa shape index (κ3) is 1.63. The van der Waals surface area contributed by atoms with E-state index in [1.54, 1.807) is 0 Å². The quantitative estimate of drug-likeness (QED) is 0.723. The zero-order valence-corrected chi connectivity index (χ0v) is 7.33. The number of nitrogens with zero attached hydrogens (tertiary/aromatic N) is 2. The van der Waals surface area contributed by atoms with Crippen molar-refractivity contribution >= 4 is 17.5 Å². The molecule has 1 aromatic rings. The molecule has 0 aromatic carbocycles. The van der Waals surface area contributed by atoms with E-state index in [9.17, 15) is 9.18 Å². The van der Waals surface area contributed by atoms with Crippen molar-refractivity contribution in [1.82, 2.24) is 9.97 Å². The summed E-state index contributed by atoms with van der Waals surface area (Å²) in [6.07, 6.45) is 2.82. The first kappa shape index (κ1) is 8.86. The van der Waals surface area contributed by atoms with Crippen molar-refractivity contribution in [1.29, 1.82) is 0 Å². The predicted octanol–water partition coefficient (Wildman–Crippen LogP) is 0.546. The minimum atomic E-state index is -0.776. The summed E-state index contributed by atoms with van der Waals surface area (Å²) in [4.78, 5) is 18.3. The van der Waals surface area contributed by atoms with Gasteiger partial charge in [0.05, 0.1) is 0 Å². The van der Waals surface area contributed by atoms with Crippen molar-refractivity contribution in [2.75, 3.05) is 11.1 Å². The number of amides is 1. The third-order valence-corrected chi connectivity index (χ3v) is 2.01. The van der Waals surface area contributed by atoms with Gasteiger partial charge < -0.3 is 11.1 Å². The zero-order chi connectivity index (χ0) is 10.1. The van der Waals surface area contributed by atoms with Gasteiger partial charge in [0.2, 0.25) is 11.7 Å². The smallest absolute Gasteiger partial charge is 0.228 e. The van der Waals surface area contributed by atoms with E-state index < -0.39 is 5.82 Å². The number of halogens is 1. The number of rotatable bonds is 2. The molecule has 0 saturated heterocycles. The second kappa shape index (κ2) is 3.21. The first-order chi connectivity index (χ1) is 6.68. The molecule has 0 spiro atoms. The van der Waals surface area contributed by atoms with Crippen LogP contribution in [-0.2, 0) is 4.79 Å². The Bertz CT molecular complexity index is 378. The lowest BCUT2D eigenvalue weighted by Gasteiger charge is -2.04. The van der Waals surface area contributed by atoms with Gasteiger partial charge in [-0.25, -0.2) is 9.97 Å². The number of nitrogen functional groups attached to an aromatic ring is 1. The molecule has 1 aromatic heterocycles. The summed E-state index contributed by atoms with van der Waals surface area (Å²) in [5.41, 5.74) is 5.21. The lowest BCUT2D eigenvalue weighted by molar-refractivity contribution is -0.117. The Morgan fingerprint density at radius 2 is 2.29 bits per heavy atom. The number of carbonyl (C=O) groups is 1. The highest BCUT2D eigenvalue weighted by Crippen LogP contribution is 2.30. The van der Waals surface area contributed by atoms with Crippen molar-refractivity contribution in [3.05, 3.63) is 12.1 Å². The van der Waals surface area contributed by atoms with Crippen LogP contribution in [0.25, 0.3) is 0 Å². The summed E-state index contributed by atoms with van der Waals surface area (Å²) in [5.74, 6) is -1.38. The van der Waals surface area contributed by atoms with Crippen LogP contribution in [0.2, 0.25) is 0 Å². The maximum atomic E-state index is 13.2. The molecule has 3 N–H and O–H groups in total. The van der Waals surface area contributed by atoms with Gasteiger partial charge >= 0.3 is 0 Å². The van der Waals surface area contributed by atoms with E-state index in [4.69, 9.17) is 5.73 Å². The number of carbonyl (C=O) groups excluding carboxylic acids is 1. The molecule has 0 aliphatic heterocycles. The van der Waals surface area contributed by atoms with Crippen molar-refractivity contribution in [2.45, 2.75) is 12.8 Å². The second-order valence-electron chi connectivity index (χ2n) is 3.19. The van der Waals surface area contributed by atoms with Gasteiger partial charge in [-0.2, -0.15) is 4.39 Å². The molecule has 1 aliphatic rings. The largest absolute Gasteiger partial charge is 0.381 e. The summed E-state index contributed by atoms with van der Waals surface area (Å²) in [6, 6.07) is 0. The number of anilines is 2. The van der Waals surface area contributed by atoms with E-state index in [0.717, 1.165) is 19.2 Å². The minimum absolute atomic E-state index is 0.00518. The SMILES string of the molecule is Nc1ncnc(NC(=O)C2CC2)c1F. The fourth-order valence-electron chi connectivity index (χ4n) is 1.03. The van der Waals surface area contributed by atoms with Crippen LogP contribution in [0.15, 0.2) is 6.33 Å². The number of hydrogen-bond donors (Lipinski definition) is 2. The fourth-order valence-corrected chi connectivity index (χ4v) is 1.03. The summed E-state index contributed by atoms with van der Waals surface area (Å²) in [7, 11) is 0. The Morgan fingerprint density at radius 1 is 1.57 bits per heavy atom. The number of aromatic nitrogens is 2. The van der Waals surface area contributed by atoms with Gasteiger partial charge in [-0.3, -0.25) is 4.79 Å². The Labute approximate surface area is 79.5 Å². The second-order valence-corrected chi connectivity index (χ2v) is 3.19. The number of nitrogens with one attached hydrogen (secondary N) is 1. The van der Waals surface area contributed by atoms with Crippen molar-refractivity contribution < 1.29 is 9.18 Å². The summed E-state index contributed by atoms with van der Waals surface area (Å²) >= 11 is 0. The molecule has 0 radical (unpaired) electrons. The minimum Gasteiger partial charge on any atom is -0.381 e. The van der Waals surface area contributed by atoms with Crippen molar-refractivity contribution in [2.24, 2.45) is 5.92 Å². The molecule has 74 valence electrons. The first-order valence-electron chi connectivity index (χ1n) is 4.25. The maximum Gasteiger partial charge on any atom is 0.228 e. The maximum absolute atomic E-state index is 13.2. The molecule has 1 fully saturated rings. The van der Waals surface area contributed by atoms with E-state index in [1.165, 1.54) is 0 Å². The molecule has 0 atom stereocenters. The monoisotopic (exact) mass is 196 g/mol. The first-order valence-corrected chi connectivity index (χ1v) is 4.25. The molecule has 1 amide bonds. The molecule has 1 aliphatic carbocycles. The molecule has 0 bridgehead atoms. The lowest BCUT2D eigenvalue weighted by Crippen LogP contribution is -2.16. The lowest BCUT2D eigenvalue weighted by atomic mass is 10.4. The molecular weight excluding hydrogens is 187 g/mol. The number of nitrogens with two attached hydrogens (primary N) is 1. The highest BCUT2D eigenvalue weighted by atomic mass is 19.1. The van der Waals surface area contributed by atoms with E-state index in [2.05, 4.69) is 15.3 Å². The molecule has 14 heavy (non-hydrogen) atoms. The van der Waals surface area contributed by atoms with Crippen LogP contribution in [0.4, 0.5) is 16.0 Å². The topological polar surface area (TPSA) is 80.9 Å². The van der Waals surface area contributed by atoms with Gasteiger partial charge in [-0.15, -0.1) is 0 Å². The van der Waals surface area contributed by atoms with Crippen LogP contribution in [-0.4, -0.2) is 15.9 Å². The third-order valence-electron chi connectivity index (χ3n) is 2.01.